The molecule has 2 N–H and O–H groups in total. The van der Waals surface area contributed by atoms with Crippen molar-refractivity contribution in [3.8, 4) is 0 Å². The normalized spacial score (nSPS) is 11.8. The van der Waals surface area contributed by atoms with Crippen LogP contribution in [0.3, 0.4) is 0 Å². The van der Waals surface area contributed by atoms with Crippen LogP contribution in [0.5, 0.6) is 0 Å². The molecule has 0 aliphatic heterocycles. The summed E-state index contributed by atoms with van der Waals surface area (Å²) in [5, 5.41) is 14.1. The lowest BCUT2D eigenvalue weighted by atomic mass is 9.93. The Kier molecular flexibility index (Phi) is 5.74. The fourth-order valence-corrected chi connectivity index (χ4v) is 2.20. The number of rotatable bonds is 6. The van der Waals surface area contributed by atoms with Crippen LogP contribution in [0.25, 0.3) is 0 Å². The van der Waals surface area contributed by atoms with E-state index in [9.17, 15) is 5.11 Å². The minimum Gasteiger partial charge on any atom is -0.394 e. The lowest BCUT2D eigenvalue weighted by Crippen LogP contribution is -2.47. The predicted molar refractivity (Wildman–Crippen MR) is 73.7 cm³/mol. The minimum atomic E-state index is -0.219. The van der Waals surface area contributed by atoms with E-state index >= 15 is 0 Å². The van der Waals surface area contributed by atoms with E-state index in [2.05, 4.69) is 19.2 Å². The molecule has 0 atom stereocenters. The van der Waals surface area contributed by atoms with Crippen LogP contribution in [0.4, 0.5) is 0 Å². The topological polar surface area (TPSA) is 32.3 Å². The molecule has 0 aromatic heterocycles. The zero-order valence-electron chi connectivity index (χ0n) is 10.3. The van der Waals surface area contributed by atoms with E-state index < -0.39 is 0 Å². The van der Waals surface area contributed by atoms with Gasteiger partial charge in [0.1, 0.15) is 0 Å². The molecule has 2 nitrogen and oxygen atoms in total. The monoisotopic (exact) mass is 275 g/mol. The molecular formula is C13H19Cl2NO. The lowest BCUT2D eigenvalue weighted by Gasteiger charge is -2.31. The highest BCUT2D eigenvalue weighted by atomic mass is 35.5. The first-order chi connectivity index (χ1) is 8.06. The van der Waals surface area contributed by atoms with Crippen LogP contribution in [-0.2, 0) is 6.54 Å². The number of aliphatic hydroxyl groups excluding tert-OH is 1. The highest BCUT2D eigenvalue weighted by Crippen LogP contribution is 2.22. The molecule has 0 amide bonds. The van der Waals surface area contributed by atoms with Crippen molar-refractivity contribution in [1.29, 1.82) is 0 Å². The molecule has 0 spiro atoms. The number of halogens is 2. The Balaban J connectivity index is 2.72. The van der Waals surface area contributed by atoms with Crippen LogP contribution in [0.2, 0.25) is 10.0 Å². The first kappa shape index (κ1) is 14.8. The smallest absolute Gasteiger partial charge is 0.0613 e. The van der Waals surface area contributed by atoms with Gasteiger partial charge in [0.2, 0.25) is 0 Å². The van der Waals surface area contributed by atoms with Crippen molar-refractivity contribution < 1.29 is 5.11 Å². The van der Waals surface area contributed by atoms with Crippen molar-refractivity contribution in [3.05, 3.63) is 33.8 Å². The number of benzene rings is 1. The molecule has 96 valence electrons. The third-order valence-corrected chi connectivity index (χ3v) is 3.91. The van der Waals surface area contributed by atoms with Gasteiger partial charge in [0.15, 0.2) is 0 Å². The van der Waals surface area contributed by atoms with Gasteiger partial charge in [-0.25, -0.2) is 0 Å². The van der Waals surface area contributed by atoms with Gasteiger partial charge in [-0.15, -0.1) is 0 Å². The van der Waals surface area contributed by atoms with Crippen LogP contribution in [0.1, 0.15) is 32.3 Å². The summed E-state index contributed by atoms with van der Waals surface area (Å²) >= 11 is 11.9. The number of hydrogen-bond acceptors (Lipinski definition) is 2. The van der Waals surface area contributed by atoms with Gasteiger partial charge in [0.25, 0.3) is 0 Å². The fraction of sp³-hybridized carbons (Fsp3) is 0.538. The Morgan fingerprint density at radius 3 is 2.35 bits per heavy atom. The van der Waals surface area contributed by atoms with Crippen molar-refractivity contribution >= 4 is 23.2 Å². The summed E-state index contributed by atoms with van der Waals surface area (Å²) in [4.78, 5) is 0. The first-order valence-corrected chi connectivity index (χ1v) is 6.62. The Hall–Kier alpha value is -0.280. The van der Waals surface area contributed by atoms with Gasteiger partial charge in [0.05, 0.1) is 6.61 Å². The average molecular weight is 276 g/mol. The van der Waals surface area contributed by atoms with Crippen molar-refractivity contribution in [2.24, 2.45) is 0 Å². The van der Waals surface area contributed by atoms with Gasteiger partial charge in [-0.05, 0) is 30.5 Å². The zero-order chi connectivity index (χ0) is 12.9. The van der Waals surface area contributed by atoms with Crippen LogP contribution in [-0.4, -0.2) is 17.3 Å². The Morgan fingerprint density at radius 1 is 1.24 bits per heavy atom. The zero-order valence-corrected chi connectivity index (χ0v) is 11.8. The number of nitrogens with one attached hydrogen (secondary N) is 1. The summed E-state index contributed by atoms with van der Waals surface area (Å²) < 4.78 is 0. The molecule has 0 saturated carbocycles. The summed E-state index contributed by atoms with van der Waals surface area (Å²) in [5.41, 5.74) is 0.777. The Bertz CT molecular complexity index is 356. The van der Waals surface area contributed by atoms with Crippen molar-refractivity contribution in [2.45, 2.75) is 38.8 Å². The Labute approximate surface area is 113 Å². The highest BCUT2D eigenvalue weighted by molar-refractivity contribution is 6.35. The minimum absolute atomic E-state index is 0.130. The third kappa shape index (κ3) is 3.85. The van der Waals surface area contributed by atoms with Crippen molar-refractivity contribution in [1.82, 2.24) is 5.32 Å². The SMILES string of the molecule is CCC(CC)(CO)NCc1ccc(Cl)cc1Cl. The van der Waals surface area contributed by atoms with E-state index in [-0.39, 0.29) is 12.1 Å². The second-order valence-corrected chi connectivity index (χ2v) is 5.08. The molecule has 17 heavy (non-hydrogen) atoms. The van der Waals surface area contributed by atoms with E-state index in [1.807, 2.05) is 12.1 Å². The molecule has 0 unspecified atom stereocenters. The second kappa shape index (κ2) is 6.60. The standard InChI is InChI=1S/C13H19Cl2NO/c1-3-13(4-2,9-17)16-8-10-5-6-11(14)7-12(10)15/h5-7,16-17H,3-4,8-9H2,1-2H3. The van der Waals surface area contributed by atoms with E-state index in [1.165, 1.54) is 0 Å². The molecule has 0 aliphatic carbocycles. The summed E-state index contributed by atoms with van der Waals surface area (Å²) in [6.07, 6.45) is 1.76. The molecule has 0 fully saturated rings. The molecule has 1 aromatic rings. The molecule has 0 heterocycles. The molecule has 0 aliphatic rings. The van der Waals surface area contributed by atoms with Crippen molar-refractivity contribution in [2.75, 3.05) is 6.61 Å². The first-order valence-electron chi connectivity index (χ1n) is 5.86. The van der Waals surface area contributed by atoms with Crippen molar-refractivity contribution in [3.63, 3.8) is 0 Å². The van der Waals surface area contributed by atoms with Gasteiger partial charge in [-0.1, -0.05) is 43.1 Å². The lowest BCUT2D eigenvalue weighted by molar-refractivity contribution is 0.149. The van der Waals surface area contributed by atoms with E-state index in [1.54, 1.807) is 6.07 Å². The maximum Gasteiger partial charge on any atom is 0.0613 e. The maximum atomic E-state index is 9.45. The third-order valence-electron chi connectivity index (χ3n) is 3.33. The summed E-state index contributed by atoms with van der Waals surface area (Å²) in [6.45, 7) is 4.90. The largest absolute Gasteiger partial charge is 0.394 e. The molecule has 1 rings (SSSR count). The highest BCUT2D eigenvalue weighted by Gasteiger charge is 2.24. The molecule has 1 aromatic carbocycles. The summed E-state index contributed by atoms with van der Waals surface area (Å²) in [6, 6.07) is 5.47. The van der Waals surface area contributed by atoms with Gasteiger partial charge in [-0.2, -0.15) is 0 Å². The molecule has 0 saturated heterocycles. The quantitative estimate of drug-likeness (QED) is 0.831. The molecular weight excluding hydrogens is 257 g/mol. The van der Waals surface area contributed by atoms with Gasteiger partial charge < -0.3 is 10.4 Å². The Morgan fingerprint density at radius 2 is 1.88 bits per heavy atom. The maximum absolute atomic E-state index is 9.45. The van der Waals surface area contributed by atoms with Crippen LogP contribution < -0.4 is 5.32 Å². The summed E-state index contributed by atoms with van der Waals surface area (Å²) in [7, 11) is 0. The second-order valence-electron chi connectivity index (χ2n) is 4.23. The van der Waals surface area contributed by atoms with Crippen LogP contribution in [0.15, 0.2) is 18.2 Å². The van der Waals surface area contributed by atoms with Crippen LogP contribution in [0, 0.1) is 0 Å². The molecule has 0 radical (unpaired) electrons. The van der Waals surface area contributed by atoms with E-state index in [0.29, 0.717) is 16.6 Å². The number of aliphatic hydroxyl groups is 1. The van der Waals surface area contributed by atoms with E-state index in [0.717, 1.165) is 18.4 Å². The fourth-order valence-electron chi connectivity index (χ4n) is 1.73. The van der Waals surface area contributed by atoms with E-state index in [4.69, 9.17) is 23.2 Å². The molecule has 0 bridgehead atoms. The van der Waals surface area contributed by atoms with Crippen LogP contribution >= 0.6 is 23.2 Å². The van der Waals surface area contributed by atoms with Gasteiger partial charge >= 0.3 is 0 Å². The predicted octanol–water partition coefficient (Wildman–Crippen LogP) is 3.63. The molecule has 4 heteroatoms. The number of hydrogen-bond donors (Lipinski definition) is 2. The average Bonchev–Trinajstić information content (AvgIpc) is 2.33. The van der Waals surface area contributed by atoms with Gasteiger partial charge in [-0.3, -0.25) is 0 Å². The summed E-state index contributed by atoms with van der Waals surface area (Å²) in [5.74, 6) is 0. The van der Waals surface area contributed by atoms with Gasteiger partial charge in [0, 0.05) is 22.1 Å².